The number of hydrogen-bond donors (Lipinski definition) is 1. The van der Waals surface area contributed by atoms with Crippen molar-refractivity contribution in [3.8, 4) is 0 Å². The lowest BCUT2D eigenvalue weighted by molar-refractivity contribution is -0.131. The standard InChI is InChI=1S/C15H16FNO2/c1-9(2)11(7-15(18)19)13-8-17(3)14-5-4-10(16)6-12(13)14/h4-9H,1-3H3,(H,18,19)/b11-7+. The molecule has 0 fully saturated rings. The molecule has 1 aromatic carbocycles. The number of aromatic nitrogens is 1. The summed E-state index contributed by atoms with van der Waals surface area (Å²) in [6, 6.07) is 4.55. The van der Waals surface area contributed by atoms with Crippen LogP contribution < -0.4 is 0 Å². The fourth-order valence-electron chi connectivity index (χ4n) is 2.28. The van der Waals surface area contributed by atoms with Gasteiger partial charge in [0.25, 0.3) is 0 Å². The number of carboxylic acids is 1. The highest BCUT2D eigenvalue weighted by Gasteiger charge is 2.15. The predicted molar refractivity (Wildman–Crippen MR) is 73.3 cm³/mol. The van der Waals surface area contributed by atoms with Gasteiger partial charge in [-0.3, -0.25) is 0 Å². The molecule has 3 nitrogen and oxygen atoms in total. The lowest BCUT2D eigenvalue weighted by Gasteiger charge is -2.09. The van der Waals surface area contributed by atoms with Crippen LogP contribution >= 0.6 is 0 Å². The van der Waals surface area contributed by atoms with Crippen molar-refractivity contribution in [2.24, 2.45) is 13.0 Å². The van der Waals surface area contributed by atoms with Gasteiger partial charge < -0.3 is 9.67 Å². The van der Waals surface area contributed by atoms with Crippen molar-refractivity contribution in [1.82, 2.24) is 4.57 Å². The summed E-state index contributed by atoms with van der Waals surface area (Å²) in [6.45, 7) is 3.85. The molecule has 0 aliphatic heterocycles. The van der Waals surface area contributed by atoms with Gasteiger partial charge in [0, 0.05) is 35.8 Å². The minimum Gasteiger partial charge on any atom is -0.478 e. The number of aliphatic carboxylic acids is 1. The van der Waals surface area contributed by atoms with Crippen LogP contribution in [0.25, 0.3) is 16.5 Å². The third-order valence-corrected chi connectivity index (χ3v) is 3.16. The van der Waals surface area contributed by atoms with Gasteiger partial charge in [-0.05, 0) is 29.7 Å². The average molecular weight is 261 g/mol. The predicted octanol–water partition coefficient (Wildman–Crippen LogP) is 3.44. The highest BCUT2D eigenvalue weighted by molar-refractivity contribution is 5.98. The van der Waals surface area contributed by atoms with Crippen LogP contribution in [0.4, 0.5) is 4.39 Å². The van der Waals surface area contributed by atoms with Crippen molar-refractivity contribution in [2.45, 2.75) is 13.8 Å². The minimum absolute atomic E-state index is 0.0463. The molecule has 1 heterocycles. The van der Waals surface area contributed by atoms with Crippen LogP contribution in [0.5, 0.6) is 0 Å². The Bertz CT molecular complexity index is 668. The maximum absolute atomic E-state index is 13.4. The van der Waals surface area contributed by atoms with Gasteiger partial charge in [0.1, 0.15) is 5.82 Å². The zero-order valence-electron chi connectivity index (χ0n) is 11.1. The van der Waals surface area contributed by atoms with Gasteiger partial charge >= 0.3 is 5.97 Å². The highest BCUT2D eigenvalue weighted by atomic mass is 19.1. The fourth-order valence-corrected chi connectivity index (χ4v) is 2.28. The van der Waals surface area contributed by atoms with E-state index in [1.54, 1.807) is 6.07 Å². The average Bonchev–Trinajstić information content (AvgIpc) is 2.62. The largest absolute Gasteiger partial charge is 0.478 e. The molecular weight excluding hydrogens is 245 g/mol. The van der Waals surface area contributed by atoms with Gasteiger partial charge in [0.2, 0.25) is 0 Å². The quantitative estimate of drug-likeness (QED) is 0.860. The Kier molecular flexibility index (Phi) is 3.42. The van der Waals surface area contributed by atoms with E-state index in [1.807, 2.05) is 31.7 Å². The third-order valence-electron chi connectivity index (χ3n) is 3.16. The molecule has 0 saturated heterocycles. The number of fused-ring (bicyclic) bond motifs is 1. The first-order valence-corrected chi connectivity index (χ1v) is 6.09. The maximum atomic E-state index is 13.4. The highest BCUT2D eigenvalue weighted by Crippen LogP contribution is 2.31. The number of nitrogens with zero attached hydrogens (tertiary/aromatic N) is 1. The number of halogens is 1. The molecule has 0 aliphatic rings. The Labute approximate surface area is 111 Å². The van der Waals surface area contributed by atoms with E-state index in [0.29, 0.717) is 5.57 Å². The van der Waals surface area contributed by atoms with Gasteiger partial charge in [0.05, 0.1) is 0 Å². The summed E-state index contributed by atoms with van der Waals surface area (Å²) >= 11 is 0. The first kappa shape index (κ1) is 13.3. The Hall–Kier alpha value is -2.10. The van der Waals surface area contributed by atoms with Crippen LogP contribution in [0.15, 0.2) is 30.5 Å². The third kappa shape index (κ3) is 2.52. The molecule has 0 unspecified atom stereocenters. The van der Waals surface area contributed by atoms with E-state index >= 15 is 0 Å². The van der Waals surface area contributed by atoms with E-state index in [4.69, 9.17) is 5.11 Å². The lowest BCUT2D eigenvalue weighted by atomic mass is 9.94. The zero-order chi connectivity index (χ0) is 14.2. The SMILES string of the molecule is CC(C)/C(=C\C(=O)O)c1cn(C)c2ccc(F)cc12. The van der Waals surface area contributed by atoms with E-state index < -0.39 is 5.97 Å². The summed E-state index contributed by atoms with van der Waals surface area (Å²) in [5.74, 6) is -1.26. The molecule has 1 N–H and O–H groups in total. The molecule has 0 atom stereocenters. The van der Waals surface area contributed by atoms with Crippen LogP contribution in [0.3, 0.4) is 0 Å². The number of allylic oxidation sites excluding steroid dienone is 1. The number of aryl methyl sites for hydroxylation is 1. The van der Waals surface area contributed by atoms with Crippen LogP contribution in [0.1, 0.15) is 19.4 Å². The minimum atomic E-state index is -0.989. The summed E-state index contributed by atoms with van der Waals surface area (Å²) in [7, 11) is 1.86. The molecule has 2 aromatic rings. The number of benzene rings is 1. The molecule has 0 saturated carbocycles. The van der Waals surface area contributed by atoms with Gasteiger partial charge in [-0.25, -0.2) is 9.18 Å². The van der Waals surface area contributed by atoms with Crippen molar-refractivity contribution in [3.05, 3.63) is 41.9 Å². The van der Waals surface area contributed by atoms with E-state index in [2.05, 4.69) is 0 Å². The summed E-state index contributed by atoms with van der Waals surface area (Å²) in [4.78, 5) is 10.9. The van der Waals surface area contributed by atoms with Crippen molar-refractivity contribution < 1.29 is 14.3 Å². The second-order valence-electron chi connectivity index (χ2n) is 4.91. The van der Waals surface area contributed by atoms with Gasteiger partial charge in [0.15, 0.2) is 0 Å². The topological polar surface area (TPSA) is 42.2 Å². The Morgan fingerprint density at radius 3 is 2.68 bits per heavy atom. The van der Waals surface area contributed by atoms with Crippen LogP contribution in [0, 0.1) is 11.7 Å². The van der Waals surface area contributed by atoms with E-state index in [-0.39, 0.29) is 11.7 Å². The molecule has 0 spiro atoms. The van der Waals surface area contributed by atoms with Crippen LogP contribution in [-0.2, 0) is 11.8 Å². The fraction of sp³-hybridized carbons (Fsp3) is 0.267. The van der Waals surface area contributed by atoms with E-state index in [9.17, 15) is 9.18 Å². The van der Waals surface area contributed by atoms with Gasteiger partial charge in [-0.2, -0.15) is 0 Å². The second-order valence-corrected chi connectivity index (χ2v) is 4.91. The molecule has 19 heavy (non-hydrogen) atoms. The molecule has 0 bridgehead atoms. The molecule has 0 aliphatic carbocycles. The maximum Gasteiger partial charge on any atom is 0.328 e. The number of carbonyl (C=O) groups is 1. The lowest BCUT2D eigenvalue weighted by Crippen LogP contribution is -1.98. The van der Waals surface area contributed by atoms with Crippen LogP contribution in [-0.4, -0.2) is 15.6 Å². The summed E-state index contributed by atoms with van der Waals surface area (Å²) < 4.78 is 15.3. The Morgan fingerprint density at radius 2 is 2.11 bits per heavy atom. The molecule has 1 aromatic heterocycles. The number of rotatable bonds is 3. The summed E-state index contributed by atoms with van der Waals surface area (Å²) in [6.07, 6.45) is 3.04. The Balaban J connectivity index is 2.73. The number of hydrogen-bond acceptors (Lipinski definition) is 1. The van der Waals surface area contributed by atoms with Crippen molar-refractivity contribution >= 4 is 22.4 Å². The molecular formula is C15H16FNO2. The molecule has 2 rings (SSSR count). The van der Waals surface area contributed by atoms with Crippen molar-refractivity contribution in [1.29, 1.82) is 0 Å². The van der Waals surface area contributed by atoms with E-state index in [0.717, 1.165) is 16.5 Å². The smallest absolute Gasteiger partial charge is 0.328 e. The van der Waals surface area contributed by atoms with Gasteiger partial charge in [-0.15, -0.1) is 0 Å². The molecule has 4 heteroatoms. The first-order chi connectivity index (χ1) is 8.90. The summed E-state index contributed by atoms with van der Waals surface area (Å²) in [5.41, 5.74) is 2.35. The first-order valence-electron chi connectivity index (χ1n) is 6.09. The molecule has 100 valence electrons. The normalized spacial score (nSPS) is 12.4. The molecule has 0 radical (unpaired) electrons. The number of carboxylic acid groups (broad SMARTS) is 1. The summed E-state index contributed by atoms with van der Waals surface area (Å²) in [5, 5.41) is 9.71. The second kappa shape index (κ2) is 4.88. The Morgan fingerprint density at radius 1 is 1.42 bits per heavy atom. The zero-order valence-corrected chi connectivity index (χ0v) is 11.1. The van der Waals surface area contributed by atoms with E-state index in [1.165, 1.54) is 18.2 Å². The van der Waals surface area contributed by atoms with Crippen molar-refractivity contribution in [3.63, 3.8) is 0 Å². The molecule has 0 amide bonds. The van der Waals surface area contributed by atoms with Crippen molar-refractivity contribution in [2.75, 3.05) is 0 Å². The monoisotopic (exact) mass is 261 g/mol. The van der Waals surface area contributed by atoms with Crippen LogP contribution in [0.2, 0.25) is 0 Å². The van der Waals surface area contributed by atoms with Gasteiger partial charge in [-0.1, -0.05) is 13.8 Å².